The molecular formula is C23H23N3O6. The monoisotopic (exact) mass is 437 g/mol. The molecule has 0 radical (unpaired) electrons. The van der Waals surface area contributed by atoms with E-state index in [1.54, 1.807) is 14.1 Å². The molecule has 1 atom stereocenters. The average molecular weight is 437 g/mol. The number of nitrogens with zero attached hydrogens (tertiary/aromatic N) is 1. The van der Waals surface area contributed by atoms with Crippen LogP contribution in [0.5, 0.6) is 5.75 Å². The van der Waals surface area contributed by atoms with Crippen LogP contribution in [-0.4, -0.2) is 49.1 Å². The number of rotatable bonds is 8. The third-order valence-corrected chi connectivity index (χ3v) is 4.93. The van der Waals surface area contributed by atoms with Gasteiger partial charge in [0.1, 0.15) is 17.4 Å². The number of carbonyl (C=O) groups excluding carboxylic acids is 2. The molecule has 3 N–H and O–H groups in total. The molecule has 166 valence electrons. The maximum atomic E-state index is 12.3. The Kier molecular flexibility index (Phi) is 6.58. The largest absolute Gasteiger partial charge is 0.505 e. The lowest BCUT2D eigenvalue weighted by atomic mass is 10.0. The second kappa shape index (κ2) is 9.34. The van der Waals surface area contributed by atoms with Crippen LogP contribution in [-0.2, 0) is 16.0 Å². The summed E-state index contributed by atoms with van der Waals surface area (Å²) in [6.45, 7) is 0. The van der Waals surface area contributed by atoms with E-state index in [1.807, 2.05) is 30.3 Å². The molecule has 0 saturated heterocycles. The van der Waals surface area contributed by atoms with Gasteiger partial charge in [0.2, 0.25) is 0 Å². The number of hydrogen-bond donors (Lipinski definition) is 3. The van der Waals surface area contributed by atoms with Crippen LogP contribution >= 0.6 is 0 Å². The summed E-state index contributed by atoms with van der Waals surface area (Å²) in [5.41, 5.74) is -0.868. The van der Waals surface area contributed by atoms with E-state index in [-0.39, 0.29) is 34.8 Å². The van der Waals surface area contributed by atoms with Gasteiger partial charge in [-0.2, -0.15) is 0 Å². The second-order valence-corrected chi connectivity index (χ2v) is 7.34. The van der Waals surface area contributed by atoms with E-state index in [9.17, 15) is 24.3 Å². The minimum absolute atomic E-state index is 0.0322. The van der Waals surface area contributed by atoms with Crippen LogP contribution in [0.15, 0.2) is 58.1 Å². The number of benzene rings is 2. The number of methoxy groups -OCH3 is 1. The number of anilines is 3. The second-order valence-electron chi connectivity index (χ2n) is 7.34. The topological polar surface area (TPSA) is 125 Å². The van der Waals surface area contributed by atoms with Gasteiger partial charge in [-0.25, -0.2) is 4.79 Å². The Labute approximate surface area is 183 Å². The summed E-state index contributed by atoms with van der Waals surface area (Å²) in [5, 5.41) is 16.0. The third-order valence-electron chi connectivity index (χ3n) is 4.93. The Morgan fingerprint density at radius 1 is 1.00 bits per heavy atom. The molecule has 0 heterocycles. The van der Waals surface area contributed by atoms with Crippen molar-refractivity contribution >= 4 is 28.9 Å². The number of phenols is 1. The fraction of sp³-hybridized carbons (Fsp3) is 0.217. The summed E-state index contributed by atoms with van der Waals surface area (Å²) in [4.78, 5) is 50.2. The summed E-state index contributed by atoms with van der Waals surface area (Å²) in [7, 11) is 4.31. The molecule has 0 bridgehead atoms. The van der Waals surface area contributed by atoms with Gasteiger partial charge in [0.25, 0.3) is 16.8 Å². The highest BCUT2D eigenvalue weighted by Gasteiger charge is 2.28. The first-order valence-corrected chi connectivity index (χ1v) is 9.76. The van der Waals surface area contributed by atoms with Crippen molar-refractivity contribution in [2.75, 3.05) is 31.8 Å². The lowest BCUT2D eigenvalue weighted by Gasteiger charge is -2.21. The summed E-state index contributed by atoms with van der Waals surface area (Å²) in [6, 6.07) is 12.6. The molecule has 9 heteroatoms. The number of nitrogens with one attached hydrogen (secondary N) is 2. The molecule has 0 unspecified atom stereocenters. The minimum Gasteiger partial charge on any atom is -0.505 e. The van der Waals surface area contributed by atoms with Crippen LogP contribution in [0.2, 0.25) is 0 Å². The van der Waals surface area contributed by atoms with Crippen LogP contribution < -0.4 is 21.5 Å². The lowest BCUT2D eigenvalue weighted by molar-refractivity contribution is -0.141. The fourth-order valence-corrected chi connectivity index (χ4v) is 3.20. The summed E-state index contributed by atoms with van der Waals surface area (Å²) in [5.74, 6) is -1.39. The smallest absolute Gasteiger partial charge is 0.328 e. The molecule has 32 heavy (non-hydrogen) atoms. The molecule has 1 amide bonds. The molecule has 0 aliphatic carbocycles. The molecule has 0 spiro atoms. The predicted molar refractivity (Wildman–Crippen MR) is 120 cm³/mol. The Hall–Kier alpha value is -4.14. The number of hydrogen-bond acceptors (Lipinski definition) is 8. The molecule has 9 nitrogen and oxygen atoms in total. The van der Waals surface area contributed by atoms with Crippen LogP contribution in [0.3, 0.4) is 0 Å². The Morgan fingerprint density at radius 2 is 1.66 bits per heavy atom. The first kappa shape index (κ1) is 22.5. The Bertz CT molecular complexity index is 1210. The van der Waals surface area contributed by atoms with Crippen molar-refractivity contribution in [3.05, 3.63) is 80.1 Å². The first-order chi connectivity index (χ1) is 15.2. The molecule has 0 aliphatic heterocycles. The van der Waals surface area contributed by atoms with Gasteiger partial charge in [-0.15, -0.1) is 0 Å². The number of esters is 1. The fourth-order valence-electron chi connectivity index (χ4n) is 3.20. The van der Waals surface area contributed by atoms with E-state index in [4.69, 9.17) is 4.74 Å². The van der Waals surface area contributed by atoms with Crippen molar-refractivity contribution < 1.29 is 19.4 Å². The molecule has 3 rings (SSSR count). The highest BCUT2D eigenvalue weighted by Crippen LogP contribution is 2.32. The number of amides is 1. The quantitative estimate of drug-likeness (QED) is 0.276. The predicted octanol–water partition coefficient (Wildman–Crippen LogP) is 1.63. The van der Waals surface area contributed by atoms with Crippen molar-refractivity contribution in [3.8, 4) is 5.75 Å². The van der Waals surface area contributed by atoms with Crippen molar-refractivity contribution in [2.24, 2.45) is 0 Å². The molecule has 0 aliphatic rings. The van der Waals surface area contributed by atoms with Crippen LogP contribution in [0.1, 0.15) is 15.9 Å². The van der Waals surface area contributed by atoms with Crippen molar-refractivity contribution in [1.29, 1.82) is 0 Å². The standard InChI is InChI=1S/C23H23N3O6/c1-26(2)22(30)14-10-7-11-15(19(14)27)24-17-18(21(29)20(17)28)25-16(23(31)32-3)12-13-8-5-4-6-9-13/h4-11,16,24-25,27H,12H2,1-3H3/t16-/m1/s1. The van der Waals surface area contributed by atoms with Gasteiger partial charge in [0.15, 0.2) is 5.75 Å². The van der Waals surface area contributed by atoms with Gasteiger partial charge in [-0.05, 0) is 17.7 Å². The van der Waals surface area contributed by atoms with E-state index < -0.39 is 28.8 Å². The summed E-state index contributed by atoms with van der Waals surface area (Å²) in [6.07, 6.45) is 0.226. The normalized spacial score (nSPS) is 11.6. The van der Waals surface area contributed by atoms with Crippen LogP contribution in [0.4, 0.5) is 17.1 Å². The van der Waals surface area contributed by atoms with Crippen molar-refractivity contribution in [3.63, 3.8) is 0 Å². The molecular weight excluding hydrogens is 414 g/mol. The molecule has 3 aromatic carbocycles. The molecule has 0 aromatic heterocycles. The van der Waals surface area contributed by atoms with Gasteiger partial charge in [0.05, 0.1) is 18.4 Å². The van der Waals surface area contributed by atoms with Crippen LogP contribution in [0.25, 0.3) is 0 Å². The zero-order valence-electron chi connectivity index (χ0n) is 17.8. The zero-order valence-corrected chi connectivity index (χ0v) is 17.8. The van der Waals surface area contributed by atoms with E-state index in [2.05, 4.69) is 10.6 Å². The molecule has 3 aromatic rings. The van der Waals surface area contributed by atoms with E-state index in [0.29, 0.717) is 0 Å². The number of ether oxygens (including phenoxy) is 1. The SMILES string of the molecule is COC(=O)[C@@H](Cc1ccccc1)Nc1c(Nc2cccc(C(=O)N(C)C)c2O)c(=O)c1=O. The third kappa shape index (κ3) is 4.46. The van der Waals surface area contributed by atoms with Gasteiger partial charge in [-0.1, -0.05) is 36.4 Å². The van der Waals surface area contributed by atoms with Crippen LogP contribution in [0, 0.1) is 0 Å². The van der Waals surface area contributed by atoms with E-state index in [1.165, 1.54) is 30.2 Å². The number of aromatic hydroxyl groups is 1. The maximum Gasteiger partial charge on any atom is 0.328 e. The first-order valence-electron chi connectivity index (χ1n) is 9.76. The number of phenolic OH excluding ortho intramolecular Hbond substituents is 1. The molecule has 0 fully saturated rings. The summed E-state index contributed by atoms with van der Waals surface area (Å²) >= 11 is 0. The highest BCUT2D eigenvalue weighted by atomic mass is 16.5. The Balaban J connectivity index is 1.89. The summed E-state index contributed by atoms with van der Waals surface area (Å²) < 4.78 is 4.83. The minimum atomic E-state index is -0.915. The van der Waals surface area contributed by atoms with Crippen molar-refractivity contribution in [1.82, 2.24) is 4.90 Å². The zero-order chi connectivity index (χ0) is 23.4. The average Bonchev–Trinajstić information content (AvgIpc) is 2.80. The van der Waals surface area contributed by atoms with Gasteiger partial charge >= 0.3 is 5.97 Å². The highest BCUT2D eigenvalue weighted by molar-refractivity contribution is 5.99. The maximum absolute atomic E-state index is 12.3. The van der Waals surface area contributed by atoms with Gasteiger partial charge in [-0.3, -0.25) is 14.4 Å². The van der Waals surface area contributed by atoms with Crippen molar-refractivity contribution in [2.45, 2.75) is 12.5 Å². The lowest BCUT2D eigenvalue weighted by Crippen LogP contribution is -2.42. The van der Waals surface area contributed by atoms with Gasteiger partial charge in [0, 0.05) is 20.5 Å². The van der Waals surface area contributed by atoms with Gasteiger partial charge < -0.3 is 25.4 Å². The molecule has 0 saturated carbocycles. The van der Waals surface area contributed by atoms with E-state index >= 15 is 0 Å². The Morgan fingerprint density at radius 3 is 2.28 bits per heavy atom. The number of para-hydroxylation sites is 1. The van der Waals surface area contributed by atoms with E-state index in [0.717, 1.165) is 5.56 Å². The number of carbonyl (C=O) groups is 2.